The van der Waals surface area contributed by atoms with E-state index in [4.69, 9.17) is 0 Å². The van der Waals surface area contributed by atoms with Gasteiger partial charge in [0.25, 0.3) is 15.9 Å². The average Bonchev–Trinajstić information content (AvgIpc) is 2.78. The predicted octanol–water partition coefficient (Wildman–Crippen LogP) is 4.55. The standard InChI is InChI=1S/C22H17F3N2O5S/c1-32-21(29)15-4-2-6-17(12-15)26-20(28)14-8-10-19(11-9-14)33(30,31)27-18-7-3-5-16(13-18)22(23,24)25/h2-13,27H,1H3,(H,26,28). The molecule has 11 heteroatoms. The first kappa shape index (κ1) is 23.8. The van der Waals surface area contributed by atoms with E-state index in [0.29, 0.717) is 11.8 Å². The Morgan fingerprint density at radius 2 is 1.48 bits per heavy atom. The van der Waals surface area contributed by atoms with Crippen LogP contribution in [0, 0.1) is 0 Å². The molecule has 0 aliphatic rings. The van der Waals surface area contributed by atoms with Crippen molar-refractivity contribution in [1.29, 1.82) is 0 Å². The summed E-state index contributed by atoms with van der Waals surface area (Å²) >= 11 is 0. The fourth-order valence-corrected chi connectivity index (χ4v) is 3.85. The topological polar surface area (TPSA) is 102 Å². The van der Waals surface area contributed by atoms with Gasteiger partial charge in [-0.15, -0.1) is 0 Å². The van der Waals surface area contributed by atoms with Crippen LogP contribution >= 0.6 is 0 Å². The highest BCUT2D eigenvalue weighted by molar-refractivity contribution is 7.92. The summed E-state index contributed by atoms with van der Waals surface area (Å²) in [4.78, 5) is 23.8. The van der Waals surface area contributed by atoms with E-state index >= 15 is 0 Å². The first-order valence-corrected chi connectivity index (χ1v) is 10.8. The van der Waals surface area contributed by atoms with Crippen molar-refractivity contribution in [2.45, 2.75) is 11.1 Å². The Morgan fingerprint density at radius 3 is 2.12 bits per heavy atom. The van der Waals surface area contributed by atoms with Crippen LogP contribution in [0.15, 0.2) is 77.7 Å². The third kappa shape index (κ3) is 5.89. The Kier molecular flexibility index (Phi) is 6.73. The van der Waals surface area contributed by atoms with Crippen LogP contribution < -0.4 is 10.0 Å². The number of ether oxygens (including phenoxy) is 1. The molecule has 0 spiro atoms. The van der Waals surface area contributed by atoms with Crippen LogP contribution in [0.1, 0.15) is 26.3 Å². The number of nitrogens with one attached hydrogen (secondary N) is 2. The van der Waals surface area contributed by atoms with E-state index in [9.17, 15) is 31.2 Å². The Labute approximate surface area is 187 Å². The highest BCUT2D eigenvalue weighted by Gasteiger charge is 2.30. The minimum Gasteiger partial charge on any atom is -0.465 e. The van der Waals surface area contributed by atoms with Crippen molar-refractivity contribution in [3.63, 3.8) is 0 Å². The zero-order valence-electron chi connectivity index (χ0n) is 17.0. The molecule has 0 radical (unpaired) electrons. The SMILES string of the molecule is COC(=O)c1cccc(NC(=O)c2ccc(S(=O)(=O)Nc3cccc(C(F)(F)F)c3)cc2)c1. The molecule has 3 rings (SSSR count). The number of benzene rings is 3. The first-order chi connectivity index (χ1) is 15.5. The Hall–Kier alpha value is -3.86. The second-order valence-corrected chi connectivity index (χ2v) is 8.42. The quantitative estimate of drug-likeness (QED) is 0.507. The number of carbonyl (C=O) groups is 2. The lowest BCUT2D eigenvalue weighted by Gasteiger charge is -2.12. The lowest BCUT2D eigenvalue weighted by molar-refractivity contribution is -0.137. The molecule has 0 saturated carbocycles. The molecule has 33 heavy (non-hydrogen) atoms. The summed E-state index contributed by atoms with van der Waals surface area (Å²) in [6.07, 6.45) is -4.62. The van der Waals surface area contributed by atoms with Crippen LogP contribution in [-0.4, -0.2) is 27.4 Å². The number of halogens is 3. The van der Waals surface area contributed by atoms with E-state index in [0.717, 1.165) is 24.3 Å². The lowest BCUT2D eigenvalue weighted by Crippen LogP contribution is -2.15. The van der Waals surface area contributed by atoms with Crippen molar-refractivity contribution in [2.75, 3.05) is 17.1 Å². The summed E-state index contributed by atoms with van der Waals surface area (Å²) in [5.74, 6) is -1.14. The Morgan fingerprint density at radius 1 is 0.848 bits per heavy atom. The fourth-order valence-electron chi connectivity index (χ4n) is 2.80. The third-order valence-corrected chi connectivity index (χ3v) is 5.81. The summed E-state index contributed by atoms with van der Waals surface area (Å²) < 4.78 is 70.3. The normalized spacial score (nSPS) is 11.5. The number of amides is 1. The number of hydrogen-bond donors (Lipinski definition) is 2. The summed E-state index contributed by atoms with van der Waals surface area (Å²) in [6.45, 7) is 0. The molecule has 0 aliphatic heterocycles. The zero-order valence-corrected chi connectivity index (χ0v) is 17.8. The molecular formula is C22H17F3N2O5S. The molecule has 0 heterocycles. The number of sulfonamides is 1. The number of methoxy groups -OCH3 is 1. The second-order valence-electron chi connectivity index (χ2n) is 6.73. The number of anilines is 2. The van der Waals surface area contributed by atoms with Crippen LogP contribution in [0.3, 0.4) is 0 Å². The van der Waals surface area contributed by atoms with Gasteiger partial charge in [0.1, 0.15) is 0 Å². The highest BCUT2D eigenvalue weighted by atomic mass is 32.2. The summed E-state index contributed by atoms with van der Waals surface area (Å²) in [6, 6.07) is 14.6. The highest BCUT2D eigenvalue weighted by Crippen LogP contribution is 2.31. The van der Waals surface area contributed by atoms with Gasteiger partial charge in [-0.3, -0.25) is 9.52 Å². The number of esters is 1. The van der Waals surface area contributed by atoms with Crippen LogP contribution in [0.2, 0.25) is 0 Å². The fraction of sp³-hybridized carbons (Fsp3) is 0.0909. The molecule has 0 aliphatic carbocycles. The van der Waals surface area contributed by atoms with Crippen LogP contribution in [0.25, 0.3) is 0 Å². The molecule has 172 valence electrons. The van der Waals surface area contributed by atoms with E-state index in [2.05, 4.69) is 14.8 Å². The maximum atomic E-state index is 12.8. The predicted molar refractivity (Wildman–Crippen MR) is 114 cm³/mol. The van der Waals surface area contributed by atoms with E-state index < -0.39 is 33.6 Å². The molecule has 0 aromatic heterocycles. The minimum absolute atomic E-state index is 0.122. The second kappa shape index (κ2) is 9.33. The lowest BCUT2D eigenvalue weighted by atomic mass is 10.1. The van der Waals surface area contributed by atoms with Gasteiger partial charge >= 0.3 is 12.1 Å². The number of carbonyl (C=O) groups excluding carboxylic acids is 2. The zero-order chi connectivity index (χ0) is 24.2. The first-order valence-electron chi connectivity index (χ1n) is 9.29. The van der Waals surface area contributed by atoms with Gasteiger partial charge in [0.15, 0.2) is 0 Å². The summed E-state index contributed by atoms with van der Waals surface area (Å²) in [5.41, 5.74) is -0.567. The smallest absolute Gasteiger partial charge is 0.416 e. The largest absolute Gasteiger partial charge is 0.465 e. The van der Waals surface area contributed by atoms with E-state index in [1.54, 1.807) is 12.1 Å². The Balaban J connectivity index is 1.74. The van der Waals surface area contributed by atoms with Gasteiger partial charge in [-0.25, -0.2) is 13.2 Å². The average molecular weight is 478 g/mol. The molecule has 0 atom stereocenters. The van der Waals surface area contributed by atoms with Crippen molar-refractivity contribution in [3.8, 4) is 0 Å². The molecule has 0 bridgehead atoms. The van der Waals surface area contributed by atoms with Crippen molar-refractivity contribution in [3.05, 3.63) is 89.5 Å². The maximum absolute atomic E-state index is 12.8. The summed E-state index contributed by atoms with van der Waals surface area (Å²) in [5, 5.41) is 2.58. The van der Waals surface area contributed by atoms with Gasteiger partial charge in [-0.05, 0) is 60.7 Å². The number of rotatable bonds is 6. The Bertz CT molecular complexity index is 1290. The third-order valence-electron chi connectivity index (χ3n) is 4.41. The summed E-state index contributed by atoms with van der Waals surface area (Å²) in [7, 11) is -2.97. The van der Waals surface area contributed by atoms with Crippen LogP contribution in [-0.2, 0) is 20.9 Å². The van der Waals surface area contributed by atoms with Crippen molar-refractivity contribution < 1.29 is 35.9 Å². The number of alkyl halides is 3. The van der Waals surface area contributed by atoms with Crippen LogP contribution in [0.5, 0.6) is 0 Å². The monoisotopic (exact) mass is 478 g/mol. The number of hydrogen-bond acceptors (Lipinski definition) is 5. The molecule has 7 nitrogen and oxygen atoms in total. The van der Waals surface area contributed by atoms with Crippen molar-refractivity contribution >= 4 is 33.3 Å². The molecule has 1 amide bonds. The molecular weight excluding hydrogens is 461 g/mol. The van der Waals surface area contributed by atoms with Crippen molar-refractivity contribution in [1.82, 2.24) is 0 Å². The van der Waals surface area contributed by atoms with Crippen molar-refractivity contribution in [2.24, 2.45) is 0 Å². The van der Waals surface area contributed by atoms with Crippen LogP contribution in [0.4, 0.5) is 24.5 Å². The molecule has 0 fully saturated rings. The molecule has 3 aromatic rings. The van der Waals surface area contributed by atoms with E-state index in [-0.39, 0.29) is 21.7 Å². The van der Waals surface area contributed by atoms with Gasteiger partial charge in [0.2, 0.25) is 0 Å². The van der Waals surface area contributed by atoms with Gasteiger partial charge in [0, 0.05) is 16.9 Å². The van der Waals surface area contributed by atoms with E-state index in [1.807, 2.05) is 0 Å². The molecule has 3 aromatic carbocycles. The van der Waals surface area contributed by atoms with Gasteiger partial charge in [-0.1, -0.05) is 12.1 Å². The maximum Gasteiger partial charge on any atom is 0.416 e. The van der Waals surface area contributed by atoms with Gasteiger partial charge in [-0.2, -0.15) is 13.2 Å². The van der Waals surface area contributed by atoms with E-state index in [1.165, 1.54) is 37.4 Å². The van der Waals surface area contributed by atoms with Gasteiger partial charge < -0.3 is 10.1 Å². The molecule has 2 N–H and O–H groups in total. The molecule has 0 saturated heterocycles. The molecule has 0 unspecified atom stereocenters. The van der Waals surface area contributed by atoms with Gasteiger partial charge in [0.05, 0.1) is 23.1 Å². The minimum atomic E-state index is -4.62.